The van der Waals surface area contributed by atoms with Crippen molar-refractivity contribution in [2.75, 3.05) is 20.3 Å². The number of carbonyl (C=O) groups is 2. The molecule has 2 fully saturated rings. The molecule has 1 aromatic rings. The molecule has 7 heteroatoms. The van der Waals surface area contributed by atoms with Gasteiger partial charge in [0.1, 0.15) is 0 Å². The van der Waals surface area contributed by atoms with Gasteiger partial charge in [0.05, 0.1) is 7.11 Å². The molecule has 0 bridgehead atoms. The van der Waals surface area contributed by atoms with Gasteiger partial charge in [-0.3, -0.25) is 9.59 Å². The third kappa shape index (κ3) is 4.69. The van der Waals surface area contributed by atoms with E-state index in [4.69, 9.17) is 9.47 Å². The van der Waals surface area contributed by atoms with Crippen molar-refractivity contribution in [1.29, 1.82) is 0 Å². The van der Waals surface area contributed by atoms with Crippen LogP contribution in [0.1, 0.15) is 42.5 Å². The van der Waals surface area contributed by atoms with Crippen LogP contribution in [0.5, 0.6) is 5.88 Å². The number of methoxy groups -OCH3 is 1. The van der Waals surface area contributed by atoms with E-state index in [2.05, 4.69) is 15.6 Å². The fourth-order valence-corrected chi connectivity index (χ4v) is 3.45. The maximum absolute atomic E-state index is 12.3. The first-order valence-electron chi connectivity index (χ1n) is 8.84. The van der Waals surface area contributed by atoms with E-state index < -0.39 is 0 Å². The molecular formula is C18H25N3O4. The Morgan fingerprint density at radius 1 is 1.16 bits per heavy atom. The molecule has 0 aromatic carbocycles. The third-order valence-corrected chi connectivity index (χ3v) is 4.91. The summed E-state index contributed by atoms with van der Waals surface area (Å²) in [7, 11) is 1.52. The number of rotatable bonds is 5. The van der Waals surface area contributed by atoms with E-state index >= 15 is 0 Å². The summed E-state index contributed by atoms with van der Waals surface area (Å²) in [6.07, 6.45) is 5.67. The van der Waals surface area contributed by atoms with Crippen molar-refractivity contribution in [3.63, 3.8) is 0 Å². The summed E-state index contributed by atoms with van der Waals surface area (Å²) in [5.41, 5.74) is 0.529. The maximum atomic E-state index is 12.3. The fraction of sp³-hybridized carbons (Fsp3) is 0.611. The Hall–Kier alpha value is -2.15. The van der Waals surface area contributed by atoms with Gasteiger partial charge in [0, 0.05) is 49.0 Å². The van der Waals surface area contributed by atoms with E-state index in [1.54, 1.807) is 18.3 Å². The first-order valence-corrected chi connectivity index (χ1v) is 8.84. The molecule has 3 rings (SSSR count). The minimum absolute atomic E-state index is 0.0617. The van der Waals surface area contributed by atoms with Gasteiger partial charge in [-0.15, -0.1) is 0 Å². The van der Waals surface area contributed by atoms with Crippen LogP contribution < -0.4 is 15.4 Å². The van der Waals surface area contributed by atoms with Gasteiger partial charge < -0.3 is 20.1 Å². The lowest BCUT2D eigenvalue weighted by Crippen LogP contribution is -2.41. The van der Waals surface area contributed by atoms with Crippen molar-refractivity contribution >= 4 is 11.8 Å². The van der Waals surface area contributed by atoms with Crippen LogP contribution in [-0.4, -0.2) is 49.2 Å². The van der Waals surface area contributed by atoms with Crippen LogP contribution >= 0.6 is 0 Å². The molecule has 2 atom stereocenters. The van der Waals surface area contributed by atoms with Gasteiger partial charge >= 0.3 is 0 Å². The lowest BCUT2D eigenvalue weighted by atomic mass is 9.99. The van der Waals surface area contributed by atoms with Crippen LogP contribution in [0.3, 0.4) is 0 Å². The zero-order chi connectivity index (χ0) is 17.6. The summed E-state index contributed by atoms with van der Waals surface area (Å²) in [5, 5.41) is 6.17. The van der Waals surface area contributed by atoms with E-state index in [0.717, 1.165) is 32.1 Å². The Morgan fingerprint density at radius 3 is 2.60 bits per heavy atom. The van der Waals surface area contributed by atoms with Gasteiger partial charge in [0.25, 0.3) is 5.91 Å². The number of amides is 2. The second-order valence-electron chi connectivity index (χ2n) is 6.66. The van der Waals surface area contributed by atoms with E-state index in [1.165, 1.54) is 7.11 Å². The van der Waals surface area contributed by atoms with Crippen molar-refractivity contribution in [2.24, 2.45) is 5.92 Å². The second-order valence-corrected chi connectivity index (χ2v) is 6.66. The van der Waals surface area contributed by atoms with Crippen LogP contribution in [0.4, 0.5) is 0 Å². The molecule has 0 spiro atoms. The Bertz CT molecular complexity index is 616. The Kier molecular flexibility index (Phi) is 5.86. The Morgan fingerprint density at radius 2 is 1.88 bits per heavy atom. The molecule has 136 valence electrons. The molecule has 1 aliphatic carbocycles. The highest BCUT2D eigenvalue weighted by molar-refractivity contribution is 5.94. The highest BCUT2D eigenvalue weighted by Gasteiger charge is 2.30. The smallest absolute Gasteiger partial charge is 0.251 e. The topological polar surface area (TPSA) is 89.6 Å². The van der Waals surface area contributed by atoms with Gasteiger partial charge in [-0.2, -0.15) is 0 Å². The highest BCUT2D eigenvalue weighted by atomic mass is 16.5. The summed E-state index contributed by atoms with van der Waals surface area (Å²) < 4.78 is 10.3. The zero-order valence-corrected chi connectivity index (χ0v) is 14.5. The predicted octanol–water partition coefficient (Wildman–Crippen LogP) is 1.28. The van der Waals surface area contributed by atoms with Crippen molar-refractivity contribution in [3.05, 3.63) is 23.9 Å². The number of aromatic nitrogens is 1. The molecule has 2 N–H and O–H groups in total. The van der Waals surface area contributed by atoms with Crippen LogP contribution in [0.2, 0.25) is 0 Å². The molecule has 2 aliphatic rings. The van der Waals surface area contributed by atoms with Crippen LogP contribution in [-0.2, 0) is 9.53 Å². The fourth-order valence-electron chi connectivity index (χ4n) is 3.45. The molecule has 7 nitrogen and oxygen atoms in total. The Labute approximate surface area is 147 Å². The first-order chi connectivity index (χ1) is 12.2. The summed E-state index contributed by atoms with van der Waals surface area (Å²) >= 11 is 0. The van der Waals surface area contributed by atoms with Gasteiger partial charge in [0.15, 0.2) is 0 Å². The number of hydrogen-bond donors (Lipinski definition) is 2. The van der Waals surface area contributed by atoms with Crippen molar-refractivity contribution in [2.45, 2.75) is 44.2 Å². The molecule has 1 saturated carbocycles. The zero-order valence-electron chi connectivity index (χ0n) is 14.5. The SMILES string of the molecule is COc1cc(C(=O)N[C@@H]2CC[C@H](NC(=O)C3CCOCC3)C2)ccn1. The molecule has 2 amide bonds. The molecule has 0 unspecified atom stereocenters. The third-order valence-electron chi connectivity index (χ3n) is 4.91. The monoisotopic (exact) mass is 347 g/mol. The number of nitrogens with zero attached hydrogens (tertiary/aromatic N) is 1. The minimum atomic E-state index is -0.137. The van der Waals surface area contributed by atoms with E-state index in [-0.39, 0.29) is 29.8 Å². The minimum Gasteiger partial charge on any atom is -0.481 e. The standard InChI is InChI=1S/C18H25N3O4/c1-24-16-10-13(4-7-19-16)18(23)21-15-3-2-14(11-15)20-17(22)12-5-8-25-9-6-12/h4,7,10,12,14-15H,2-3,5-6,8-9,11H2,1H3,(H,20,22)(H,21,23)/t14-,15+/m0/s1. The molecule has 1 aliphatic heterocycles. The molecule has 0 radical (unpaired) electrons. The van der Waals surface area contributed by atoms with Crippen LogP contribution in [0, 0.1) is 5.92 Å². The van der Waals surface area contributed by atoms with Crippen LogP contribution in [0.15, 0.2) is 18.3 Å². The van der Waals surface area contributed by atoms with Gasteiger partial charge in [-0.1, -0.05) is 0 Å². The Balaban J connectivity index is 1.47. The molecule has 1 saturated heterocycles. The summed E-state index contributed by atoms with van der Waals surface area (Å²) in [5.74, 6) is 0.466. The number of nitrogens with one attached hydrogen (secondary N) is 2. The van der Waals surface area contributed by atoms with Gasteiger partial charge in [0.2, 0.25) is 11.8 Å². The van der Waals surface area contributed by atoms with Crippen LogP contribution in [0.25, 0.3) is 0 Å². The average Bonchev–Trinajstić information content (AvgIpc) is 3.09. The van der Waals surface area contributed by atoms with Gasteiger partial charge in [-0.05, 0) is 38.2 Å². The molecular weight excluding hydrogens is 322 g/mol. The second kappa shape index (κ2) is 8.29. The quantitative estimate of drug-likeness (QED) is 0.838. The molecule has 25 heavy (non-hydrogen) atoms. The number of carbonyl (C=O) groups excluding carboxylic acids is 2. The largest absolute Gasteiger partial charge is 0.481 e. The molecule has 1 aromatic heterocycles. The highest BCUT2D eigenvalue weighted by Crippen LogP contribution is 2.22. The van der Waals surface area contributed by atoms with Gasteiger partial charge in [-0.25, -0.2) is 4.98 Å². The normalized spacial score (nSPS) is 23.9. The summed E-state index contributed by atoms with van der Waals surface area (Å²) in [6, 6.07) is 3.49. The number of ether oxygens (including phenoxy) is 2. The number of hydrogen-bond acceptors (Lipinski definition) is 5. The van der Waals surface area contributed by atoms with E-state index in [9.17, 15) is 9.59 Å². The average molecular weight is 347 g/mol. The molecule has 2 heterocycles. The number of pyridine rings is 1. The van der Waals surface area contributed by atoms with Crippen molar-refractivity contribution in [1.82, 2.24) is 15.6 Å². The van der Waals surface area contributed by atoms with E-state index in [0.29, 0.717) is 24.7 Å². The maximum Gasteiger partial charge on any atom is 0.251 e. The lowest BCUT2D eigenvalue weighted by Gasteiger charge is -2.23. The van der Waals surface area contributed by atoms with E-state index in [1.807, 2.05) is 0 Å². The predicted molar refractivity (Wildman–Crippen MR) is 91.4 cm³/mol. The summed E-state index contributed by atoms with van der Waals surface area (Å²) in [4.78, 5) is 28.7. The van der Waals surface area contributed by atoms with Crippen molar-refractivity contribution in [3.8, 4) is 5.88 Å². The first kappa shape index (κ1) is 17.7. The lowest BCUT2D eigenvalue weighted by molar-refractivity contribution is -0.128. The summed E-state index contributed by atoms with van der Waals surface area (Å²) in [6.45, 7) is 1.33. The van der Waals surface area contributed by atoms with Crippen molar-refractivity contribution < 1.29 is 19.1 Å².